The molecule has 0 saturated heterocycles. The molecule has 0 aromatic carbocycles. The Balaban J connectivity index is 6.44. The van der Waals surface area contributed by atoms with E-state index in [4.69, 9.17) is 22.9 Å². The number of aliphatic hydroxyl groups is 2. The molecule has 0 spiro atoms. The van der Waals surface area contributed by atoms with Crippen LogP contribution in [0.4, 0.5) is 0 Å². The number of carbonyl (C=O) groups is 12. The molecule has 0 rings (SSSR count). The van der Waals surface area contributed by atoms with Gasteiger partial charge in [0, 0.05) is 18.1 Å². The maximum atomic E-state index is 13.7. The van der Waals surface area contributed by atoms with Gasteiger partial charge in [-0.05, 0) is 50.5 Å². The lowest BCUT2D eigenvalue weighted by atomic mass is 10.0. The first kappa shape index (κ1) is 66.8. The number of aliphatic imine (C=N–C) groups is 1. The van der Waals surface area contributed by atoms with E-state index in [2.05, 4.69) is 72.8 Å². The van der Waals surface area contributed by atoms with E-state index in [1.54, 1.807) is 20.1 Å². The van der Waals surface area contributed by atoms with Gasteiger partial charge in [-0.2, -0.15) is 37.0 Å². The summed E-state index contributed by atoms with van der Waals surface area (Å²) >= 11 is 9.51. The third-order valence-electron chi connectivity index (χ3n) is 9.86. The standard InChI is InChI=1S/C40H70N14O16S3/c1-17(2)10-21(34(65)52-25(15-71)32(63)46-13-27(42)57)50-39(70)30(18(3)56)54-36(67)23(12-29(60)61)49-37(68)24(14-55)51-33(64)20(6-5-8-45-40(43)44)47-38(69)26(16-72)53-35(66)22(11-28(58)59)48-31(62)19(41)7-9-73-4/h17-26,30,55-56,71-72H,5-16,41H2,1-4H3,(H2,42,57)(H,46,63)(H,47,69)(H,48,62)(H,49,68)(H,50,70)(H,51,64)(H,52,65)(H,53,66)(H,54,67)(H,58,59)(H,60,61)(H4,43,44,45)/t18-,19+,20+,21+,22+,23+,24+,25+,26+,30+/m1/s1. The Morgan fingerprint density at radius 1 is 0.575 bits per heavy atom. The second-order valence-electron chi connectivity index (χ2n) is 16.5. The largest absolute Gasteiger partial charge is 0.481 e. The average molecular weight is 1100 g/mol. The molecule has 30 nitrogen and oxygen atoms in total. The van der Waals surface area contributed by atoms with Crippen LogP contribution in [0.1, 0.15) is 59.3 Å². The van der Waals surface area contributed by atoms with Gasteiger partial charge in [-0.1, -0.05) is 13.8 Å². The van der Waals surface area contributed by atoms with Crippen molar-refractivity contribution in [2.45, 2.75) is 120 Å². The Bertz CT molecular complexity index is 1970. The van der Waals surface area contributed by atoms with Gasteiger partial charge in [0.15, 0.2) is 5.96 Å². The number of carbonyl (C=O) groups excluding carboxylic acids is 10. The lowest BCUT2D eigenvalue weighted by molar-refractivity contribution is -0.142. The number of carboxylic acids is 2. The van der Waals surface area contributed by atoms with Crippen molar-refractivity contribution in [3.8, 4) is 0 Å². The number of hydrogen-bond donors (Lipinski definition) is 19. The third kappa shape index (κ3) is 26.9. The minimum Gasteiger partial charge on any atom is -0.481 e. The number of carboxylic acid groups (broad SMARTS) is 2. The van der Waals surface area contributed by atoms with E-state index in [9.17, 15) is 78.0 Å². The summed E-state index contributed by atoms with van der Waals surface area (Å²) in [4.78, 5) is 158. The van der Waals surface area contributed by atoms with Crippen LogP contribution in [0.25, 0.3) is 0 Å². The number of rotatable bonds is 36. The number of guanidine groups is 1. The van der Waals surface area contributed by atoms with Crippen molar-refractivity contribution in [3.63, 3.8) is 0 Å². The first-order valence-electron chi connectivity index (χ1n) is 22.4. The van der Waals surface area contributed by atoms with E-state index in [0.717, 1.165) is 6.92 Å². The van der Waals surface area contributed by atoms with Gasteiger partial charge in [0.1, 0.15) is 48.3 Å². The lowest BCUT2D eigenvalue weighted by Crippen LogP contribution is -2.62. The molecule has 10 atom stereocenters. The highest BCUT2D eigenvalue weighted by molar-refractivity contribution is 7.98. The van der Waals surface area contributed by atoms with Gasteiger partial charge in [0.25, 0.3) is 0 Å². The summed E-state index contributed by atoms with van der Waals surface area (Å²) in [5, 5.41) is 59.9. The quantitative estimate of drug-likeness (QED) is 0.0120. The Hall–Kier alpha value is -6.16. The smallest absolute Gasteiger partial charge is 0.305 e. The summed E-state index contributed by atoms with van der Waals surface area (Å²) in [6, 6.07) is -14.7. The monoisotopic (exact) mass is 1100 g/mol. The molecule has 0 aliphatic heterocycles. The number of nitrogens with one attached hydrogen (secondary N) is 9. The average Bonchev–Trinajstić information content (AvgIpc) is 3.30. The van der Waals surface area contributed by atoms with Crippen LogP contribution in [-0.4, -0.2) is 201 Å². The van der Waals surface area contributed by atoms with Gasteiger partial charge in [-0.15, -0.1) is 0 Å². The minimum absolute atomic E-state index is 0.0127. The summed E-state index contributed by atoms with van der Waals surface area (Å²) in [6.07, 6.45) is -2.19. The molecule has 0 radical (unpaired) electrons. The third-order valence-corrected chi connectivity index (χ3v) is 11.2. The maximum Gasteiger partial charge on any atom is 0.305 e. The predicted octanol–water partition coefficient (Wildman–Crippen LogP) is -8.17. The van der Waals surface area contributed by atoms with Crippen molar-refractivity contribution in [2.75, 3.05) is 43.2 Å². The van der Waals surface area contributed by atoms with Gasteiger partial charge in [0.05, 0.1) is 38.1 Å². The first-order valence-corrected chi connectivity index (χ1v) is 25.0. The molecule has 10 amide bonds. The van der Waals surface area contributed by atoms with Crippen LogP contribution in [0, 0.1) is 5.92 Å². The summed E-state index contributed by atoms with van der Waals surface area (Å²) in [6.45, 7) is 2.59. The maximum absolute atomic E-state index is 13.7. The fourth-order valence-electron chi connectivity index (χ4n) is 6.06. The molecule has 0 bridgehead atoms. The number of aliphatic carboxylic acids is 2. The number of hydrogen-bond acceptors (Lipinski definition) is 19. The summed E-state index contributed by atoms with van der Waals surface area (Å²) in [5.74, 6) is -14.7. The highest BCUT2D eigenvalue weighted by Crippen LogP contribution is 2.09. The molecule has 0 saturated carbocycles. The zero-order valence-electron chi connectivity index (χ0n) is 40.6. The molecule has 0 unspecified atom stereocenters. The molecule has 0 heterocycles. The number of primary amides is 1. The number of amides is 10. The van der Waals surface area contributed by atoms with E-state index in [0.29, 0.717) is 5.75 Å². The Labute approximate surface area is 435 Å². The molecule has 0 aliphatic carbocycles. The zero-order chi connectivity index (χ0) is 56.1. The normalized spacial score (nSPS) is 15.0. The second kappa shape index (κ2) is 35.1. The van der Waals surface area contributed by atoms with Crippen molar-refractivity contribution in [2.24, 2.45) is 33.8 Å². The molecule has 73 heavy (non-hydrogen) atoms. The van der Waals surface area contributed by atoms with Crippen molar-refractivity contribution >= 4 is 114 Å². The number of thioether (sulfide) groups is 1. The lowest BCUT2D eigenvalue weighted by Gasteiger charge is -2.28. The van der Waals surface area contributed by atoms with E-state index in [-0.39, 0.29) is 49.9 Å². The highest BCUT2D eigenvalue weighted by atomic mass is 32.2. The van der Waals surface area contributed by atoms with Crippen LogP contribution in [0.2, 0.25) is 0 Å². The van der Waals surface area contributed by atoms with Gasteiger partial charge in [-0.3, -0.25) is 62.5 Å². The van der Waals surface area contributed by atoms with Crippen molar-refractivity contribution in [1.82, 2.24) is 47.9 Å². The Kier molecular flexibility index (Phi) is 32.1. The van der Waals surface area contributed by atoms with E-state index in [1.165, 1.54) is 11.8 Å². The van der Waals surface area contributed by atoms with Crippen molar-refractivity contribution < 1.29 is 78.0 Å². The van der Waals surface area contributed by atoms with Crippen LogP contribution in [0.15, 0.2) is 4.99 Å². The number of nitrogens with zero attached hydrogens (tertiary/aromatic N) is 1. The Morgan fingerprint density at radius 2 is 1.00 bits per heavy atom. The highest BCUT2D eigenvalue weighted by Gasteiger charge is 2.37. The number of nitrogens with two attached hydrogens (primary N) is 4. The topological polar surface area (TPSA) is 510 Å². The van der Waals surface area contributed by atoms with Gasteiger partial charge in [-0.25, -0.2) is 0 Å². The van der Waals surface area contributed by atoms with E-state index >= 15 is 0 Å². The molecule has 0 aromatic rings. The van der Waals surface area contributed by atoms with Crippen molar-refractivity contribution in [1.29, 1.82) is 0 Å². The molecular weight excluding hydrogens is 1030 g/mol. The predicted molar refractivity (Wildman–Crippen MR) is 269 cm³/mol. The van der Waals surface area contributed by atoms with Crippen LogP contribution in [0.5, 0.6) is 0 Å². The molecule has 0 fully saturated rings. The fraction of sp³-hybridized carbons (Fsp3) is 0.675. The molecule has 0 aromatic heterocycles. The summed E-state index contributed by atoms with van der Waals surface area (Å²) in [7, 11) is 0. The molecular formula is C40H70N14O16S3. The minimum atomic E-state index is -2.06. The van der Waals surface area contributed by atoms with Crippen molar-refractivity contribution in [3.05, 3.63) is 0 Å². The molecule has 21 N–H and O–H groups in total. The fourth-order valence-corrected chi connectivity index (χ4v) is 7.06. The molecule has 33 heteroatoms. The van der Waals surface area contributed by atoms with Gasteiger partial charge in [0.2, 0.25) is 59.1 Å². The molecule has 414 valence electrons. The second-order valence-corrected chi connectivity index (χ2v) is 18.3. The first-order chi connectivity index (χ1) is 34.1. The number of thiol groups is 2. The summed E-state index contributed by atoms with van der Waals surface area (Å²) in [5.41, 5.74) is 21.7. The van der Waals surface area contributed by atoms with Gasteiger partial charge >= 0.3 is 11.9 Å². The van der Waals surface area contributed by atoms with Crippen LogP contribution in [0.3, 0.4) is 0 Å². The van der Waals surface area contributed by atoms with Crippen LogP contribution in [-0.2, 0) is 57.5 Å². The van der Waals surface area contributed by atoms with Crippen LogP contribution < -0.4 is 70.8 Å². The van der Waals surface area contributed by atoms with E-state index < -0.39 is 163 Å². The number of aliphatic hydroxyl groups excluding tert-OH is 2. The summed E-state index contributed by atoms with van der Waals surface area (Å²) < 4.78 is 0. The van der Waals surface area contributed by atoms with Gasteiger partial charge < -0.3 is 91.2 Å². The van der Waals surface area contributed by atoms with Crippen LogP contribution >= 0.6 is 37.0 Å². The Morgan fingerprint density at radius 3 is 1.47 bits per heavy atom. The van der Waals surface area contributed by atoms with E-state index in [1.807, 2.05) is 5.32 Å². The zero-order valence-corrected chi connectivity index (χ0v) is 43.2. The SMILES string of the molecule is CSCC[C@H](N)C(=O)N[C@@H](CC(=O)O)C(=O)N[C@@H](CS)C(=O)N[C@@H](CCCN=C(N)N)C(=O)N[C@@H](CO)C(=O)N[C@@H](CC(=O)O)C(=O)N[C@H](C(=O)N[C@@H](CC(C)C)C(=O)N[C@@H](CS)C(=O)NCC(N)=O)[C@@H](C)O. The molecule has 0 aliphatic rings.